The fourth-order valence-electron chi connectivity index (χ4n) is 3.47. The van der Waals surface area contributed by atoms with E-state index in [0.29, 0.717) is 11.8 Å². The van der Waals surface area contributed by atoms with Crippen LogP contribution in [0.5, 0.6) is 0 Å². The Morgan fingerprint density at radius 1 is 1.17 bits per heavy atom. The van der Waals surface area contributed by atoms with Crippen molar-refractivity contribution in [2.24, 2.45) is 0 Å². The topological polar surface area (TPSA) is 20.3 Å². The number of aryl methyl sites for hydroxylation is 1. The third-order valence-corrected chi connectivity index (χ3v) is 4.51. The number of rotatable bonds is 1. The molecule has 1 aliphatic carbocycles. The molecular weight excluding hydrogens is 222 g/mol. The molecule has 18 heavy (non-hydrogen) atoms. The Morgan fingerprint density at radius 3 is 2.72 bits per heavy atom. The maximum atomic E-state index is 11.4. The lowest BCUT2D eigenvalue weighted by atomic mass is 9.84. The molecule has 96 valence electrons. The number of fused-ring (bicyclic) bond motifs is 1. The van der Waals surface area contributed by atoms with Gasteiger partial charge in [0.1, 0.15) is 5.78 Å². The van der Waals surface area contributed by atoms with Gasteiger partial charge in [0.25, 0.3) is 0 Å². The summed E-state index contributed by atoms with van der Waals surface area (Å²) in [5, 5.41) is 0. The van der Waals surface area contributed by atoms with Crippen LogP contribution < -0.4 is 0 Å². The number of carbonyl (C=O) groups excluding carboxylic acids is 1. The molecule has 2 heteroatoms. The van der Waals surface area contributed by atoms with Crippen LogP contribution in [0.2, 0.25) is 0 Å². The Morgan fingerprint density at radius 2 is 1.94 bits per heavy atom. The van der Waals surface area contributed by atoms with E-state index in [1.165, 1.54) is 30.4 Å². The molecule has 2 nitrogen and oxygen atoms in total. The Balaban J connectivity index is 1.87. The number of Topliss-reactive ketones (excluding diaryl/α,β-unsaturated/α-hetero) is 1. The molecule has 1 saturated heterocycles. The van der Waals surface area contributed by atoms with Gasteiger partial charge in [-0.15, -0.1) is 0 Å². The van der Waals surface area contributed by atoms with Gasteiger partial charge in [-0.25, -0.2) is 0 Å². The summed E-state index contributed by atoms with van der Waals surface area (Å²) in [5.41, 5.74) is 4.52. The molecule has 1 atom stereocenters. The summed E-state index contributed by atoms with van der Waals surface area (Å²) in [6.07, 6.45) is 5.26. The van der Waals surface area contributed by atoms with Gasteiger partial charge in [0, 0.05) is 32.0 Å². The molecule has 1 aliphatic heterocycles. The molecule has 1 aromatic carbocycles. The Bertz CT molecular complexity index is 456. The van der Waals surface area contributed by atoms with Crippen LogP contribution in [0.4, 0.5) is 0 Å². The fourth-order valence-corrected chi connectivity index (χ4v) is 3.47. The molecule has 0 bridgehead atoms. The Hall–Kier alpha value is -1.15. The summed E-state index contributed by atoms with van der Waals surface area (Å²) in [4.78, 5) is 13.9. The second kappa shape index (κ2) is 4.85. The van der Waals surface area contributed by atoms with Gasteiger partial charge in [0.15, 0.2) is 0 Å². The molecule has 1 heterocycles. The number of carbonyl (C=O) groups is 1. The summed E-state index contributed by atoms with van der Waals surface area (Å²) < 4.78 is 0. The highest BCUT2D eigenvalue weighted by Gasteiger charge is 2.28. The molecule has 0 N–H and O–H groups in total. The predicted octanol–water partition coefficient (Wildman–Crippen LogP) is 3.04. The molecule has 2 aliphatic rings. The van der Waals surface area contributed by atoms with Crippen LogP contribution in [-0.4, -0.2) is 23.8 Å². The van der Waals surface area contributed by atoms with Gasteiger partial charge in [-0.3, -0.25) is 9.69 Å². The van der Waals surface area contributed by atoms with Crippen molar-refractivity contribution >= 4 is 5.78 Å². The third-order valence-electron chi connectivity index (χ3n) is 4.51. The van der Waals surface area contributed by atoms with Crippen molar-refractivity contribution in [1.29, 1.82) is 0 Å². The van der Waals surface area contributed by atoms with E-state index in [4.69, 9.17) is 0 Å². The highest BCUT2D eigenvalue weighted by Crippen LogP contribution is 2.36. The summed E-state index contributed by atoms with van der Waals surface area (Å²) >= 11 is 0. The zero-order valence-electron chi connectivity index (χ0n) is 11.1. The first kappa shape index (κ1) is 11.9. The molecule has 1 aromatic rings. The van der Waals surface area contributed by atoms with Gasteiger partial charge in [-0.1, -0.05) is 18.2 Å². The maximum absolute atomic E-state index is 11.4. The summed E-state index contributed by atoms with van der Waals surface area (Å²) in [6.45, 7) is 4.13. The second-order valence-corrected chi connectivity index (χ2v) is 5.63. The van der Waals surface area contributed by atoms with Crippen molar-refractivity contribution in [1.82, 2.24) is 4.90 Å². The molecule has 0 unspecified atom stereocenters. The lowest BCUT2D eigenvalue weighted by Gasteiger charge is -2.38. The molecular formula is C16H21NO. The smallest absolute Gasteiger partial charge is 0.135 e. The molecule has 0 saturated carbocycles. The monoisotopic (exact) mass is 243 g/mol. The Kier molecular flexibility index (Phi) is 3.21. The van der Waals surface area contributed by atoms with E-state index >= 15 is 0 Å². The highest BCUT2D eigenvalue weighted by molar-refractivity contribution is 5.79. The lowest BCUT2D eigenvalue weighted by molar-refractivity contribution is -0.122. The zero-order chi connectivity index (χ0) is 12.5. The molecule has 3 rings (SSSR count). The van der Waals surface area contributed by atoms with Crippen molar-refractivity contribution in [3.05, 3.63) is 34.9 Å². The Labute approximate surface area is 109 Å². The number of ketones is 1. The van der Waals surface area contributed by atoms with Crippen molar-refractivity contribution in [2.45, 2.75) is 45.1 Å². The van der Waals surface area contributed by atoms with Gasteiger partial charge in [0.2, 0.25) is 0 Å². The van der Waals surface area contributed by atoms with E-state index in [9.17, 15) is 4.79 Å². The van der Waals surface area contributed by atoms with E-state index < -0.39 is 0 Å². The SMILES string of the molecule is Cc1cccc2c1CCC[C@H]2N1CCC(=O)CC1. The van der Waals surface area contributed by atoms with E-state index in [2.05, 4.69) is 30.0 Å². The normalized spacial score (nSPS) is 24.9. The summed E-state index contributed by atoms with van der Waals surface area (Å²) in [6, 6.07) is 7.26. The van der Waals surface area contributed by atoms with Crippen LogP contribution >= 0.6 is 0 Å². The van der Waals surface area contributed by atoms with Crippen LogP contribution in [0.15, 0.2) is 18.2 Å². The fraction of sp³-hybridized carbons (Fsp3) is 0.562. The molecule has 0 aromatic heterocycles. The largest absolute Gasteiger partial charge is 0.300 e. The number of hydrogen-bond donors (Lipinski definition) is 0. The molecule has 1 fully saturated rings. The van der Waals surface area contributed by atoms with Crippen LogP contribution in [0.1, 0.15) is 48.4 Å². The second-order valence-electron chi connectivity index (χ2n) is 5.63. The van der Waals surface area contributed by atoms with Crippen LogP contribution in [0, 0.1) is 6.92 Å². The minimum atomic E-state index is 0.437. The number of piperidine rings is 1. The highest BCUT2D eigenvalue weighted by atomic mass is 16.1. The predicted molar refractivity (Wildman–Crippen MR) is 72.7 cm³/mol. The average Bonchev–Trinajstić information content (AvgIpc) is 2.40. The zero-order valence-corrected chi connectivity index (χ0v) is 11.1. The molecule has 0 radical (unpaired) electrons. The third kappa shape index (κ3) is 2.10. The maximum Gasteiger partial charge on any atom is 0.135 e. The first-order valence-electron chi connectivity index (χ1n) is 7.10. The van der Waals surface area contributed by atoms with Crippen molar-refractivity contribution < 1.29 is 4.79 Å². The quantitative estimate of drug-likeness (QED) is 0.755. The van der Waals surface area contributed by atoms with Crippen LogP contribution in [-0.2, 0) is 11.2 Å². The van der Waals surface area contributed by atoms with Gasteiger partial charge < -0.3 is 0 Å². The minimum Gasteiger partial charge on any atom is -0.300 e. The molecule has 0 spiro atoms. The number of likely N-dealkylation sites (tertiary alicyclic amines) is 1. The first-order valence-corrected chi connectivity index (χ1v) is 7.10. The van der Waals surface area contributed by atoms with Gasteiger partial charge in [0.05, 0.1) is 0 Å². The standard InChI is InChI=1S/C16H21NO/c1-12-4-2-6-15-14(12)5-3-7-16(15)17-10-8-13(18)9-11-17/h2,4,6,16H,3,5,7-11H2,1H3/t16-/m1/s1. The summed E-state index contributed by atoms with van der Waals surface area (Å²) in [5.74, 6) is 0.437. The van der Waals surface area contributed by atoms with E-state index in [1.807, 2.05) is 0 Å². The average molecular weight is 243 g/mol. The van der Waals surface area contributed by atoms with Crippen LogP contribution in [0.3, 0.4) is 0 Å². The van der Waals surface area contributed by atoms with Crippen molar-refractivity contribution in [3.63, 3.8) is 0 Å². The van der Waals surface area contributed by atoms with Gasteiger partial charge in [-0.2, -0.15) is 0 Å². The van der Waals surface area contributed by atoms with Gasteiger partial charge in [-0.05, 0) is 42.9 Å². The first-order chi connectivity index (χ1) is 8.75. The van der Waals surface area contributed by atoms with Gasteiger partial charge >= 0.3 is 0 Å². The van der Waals surface area contributed by atoms with E-state index in [0.717, 1.165) is 25.9 Å². The number of nitrogens with zero attached hydrogens (tertiary/aromatic N) is 1. The number of benzene rings is 1. The minimum absolute atomic E-state index is 0.437. The van der Waals surface area contributed by atoms with Crippen LogP contribution in [0.25, 0.3) is 0 Å². The number of hydrogen-bond acceptors (Lipinski definition) is 2. The lowest BCUT2D eigenvalue weighted by Crippen LogP contribution is -2.38. The summed E-state index contributed by atoms with van der Waals surface area (Å²) in [7, 11) is 0. The van der Waals surface area contributed by atoms with E-state index in [1.54, 1.807) is 5.56 Å². The van der Waals surface area contributed by atoms with Crippen molar-refractivity contribution in [2.75, 3.05) is 13.1 Å². The molecule has 0 amide bonds. The van der Waals surface area contributed by atoms with Crippen molar-refractivity contribution in [3.8, 4) is 0 Å². The van der Waals surface area contributed by atoms with E-state index in [-0.39, 0.29) is 0 Å².